The number of methoxy groups -OCH3 is 1. The number of carbonyl (C=O) groups excluding carboxylic acids is 1. The number of ether oxygens (including phenoxy) is 2. The first-order valence-corrected chi connectivity index (χ1v) is 10.5. The Kier molecular flexibility index (Phi) is 6.82. The van der Waals surface area contributed by atoms with E-state index in [1.54, 1.807) is 19.3 Å². The molecule has 2 aromatic carbocycles. The lowest BCUT2D eigenvalue weighted by Gasteiger charge is -2.11. The molecule has 7 heteroatoms. The molecule has 3 rings (SSSR count). The minimum absolute atomic E-state index is 0.185. The third-order valence-electron chi connectivity index (χ3n) is 4.30. The van der Waals surface area contributed by atoms with Gasteiger partial charge in [0.25, 0.3) is 5.91 Å². The molecule has 1 heterocycles. The molecule has 29 heavy (non-hydrogen) atoms. The second-order valence-corrected chi connectivity index (χ2v) is 8.26. The molecule has 1 N–H and O–H groups in total. The number of amides is 1. The summed E-state index contributed by atoms with van der Waals surface area (Å²) >= 11 is 4.84. The number of hydrogen-bond donors (Lipinski definition) is 1. The fourth-order valence-corrected chi connectivity index (χ4v) is 3.89. The number of nitrogens with zero attached hydrogens (tertiary/aromatic N) is 1. The largest absolute Gasteiger partial charge is 0.493 e. The Morgan fingerprint density at radius 3 is 2.69 bits per heavy atom. The van der Waals surface area contributed by atoms with Gasteiger partial charge in [0.2, 0.25) is 0 Å². The predicted octanol–water partition coefficient (Wildman–Crippen LogP) is 5.53. The summed E-state index contributed by atoms with van der Waals surface area (Å²) in [4.78, 5) is 17.5. The molecular weight excluding hydrogens is 452 g/mol. The standard InChI is InChI=1S/C22H21BrN2O3S/c1-5-8-28-19-12-17(23)15(10-18(19)27-4)11-20-21(26)25-22(29-20)24-16-7-6-13(2)14(3)9-16/h5-7,9-12H,1,8H2,2-4H3,(H,24,25,26)/b20-11+. The zero-order valence-electron chi connectivity index (χ0n) is 16.4. The van der Waals surface area contributed by atoms with Crippen molar-refractivity contribution >= 4 is 50.5 Å². The summed E-state index contributed by atoms with van der Waals surface area (Å²) in [5.41, 5.74) is 3.98. The van der Waals surface area contributed by atoms with Crippen molar-refractivity contribution in [3.63, 3.8) is 0 Å². The summed E-state index contributed by atoms with van der Waals surface area (Å²) < 4.78 is 11.8. The van der Waals surface area contributed by atoms with E-state index < -0.39 is 0 Å². The van der Waals surface area contributed by atoms with Crippen molar-refractivity contribution < 1.29 is 14.3 Å². The zero-order chi connectivity index (χ0) is 21.0. The Morgan fingerprint density at radius 2 is 2.00 bits per heavy atom. The molecule has 0 unspecified atom stereocenters. The van der Waals surface area contributed by atoms with E-state index in [0.29, 0.717) is 28.2 Å². The summed E-state index contributed by atoms with van der Waals surface area (Å²) in [7, 11) is 1.58. The normalized spacial score (nSPS) is 16.2. The van der Waals surface area contributed by atoms with Gasteiger partial charge in [-0.1, -0.05) is 34.7 Å². The van der Waals surface area contributed by atoms with Gasteiger partial charge >= 0.3 is 0 Å². The lowest BCUT2D eigenvalue weighted by atomic mass is 10.1. The van der Waals surface area contributed by atoms with E-state index in [1.807, 2.05) is 37.3 Å². The maximum Gasteiger partial charge on any atom is 0.264 e. The number of benzene rings is 2. The third-order valence-corrected chi connectivity index (χ3v) is 5.89. The molecule has 5 nitrogen and oxygen atoms in total. The van der Waals surface area contributed by atoms with Crippen LogP contribution < -0.4 is 14.8 Å². The monoisotopic (exact) mass is 472 g/mol. The van der Waals surface area contributed by atoms with Gasteiger partial charge < -0.3 is 14.8 Å². The molecule has 1 aliphatic heterocycles. The number of carbonyl (C=O) groups is 1. The van der Waals surface area contributed by atoms with Gasteiger partial charge in [0, 0.05) is 4.47 Å². The molecule has 1 aliphatic rings. The van der Waals surface area contributed by atoms with Gasteiger partial charge in [0.05, 0.1) is 17.7 Å². The number of amidine groups is 1. The first kappa shape index (κ1) is 21.2. The number of nitrogens with one attached hydrogen (secondary N) is 1. The van der Waals surface area contributed by atoms with Crippen molar-refractivity contribution in [3.05, 3.63) is 69.1 Å². The van der Waals surface area contributed by atoms with Crippen LogP contribution in [0.1, 0.15) is 16.7 Å². The summed E-state index contributed by atoms with van der Waals surface area (Å²) in [6.45, 7) is 8.12. The van der Waals surface area contributed by atoms with Crippen LogP contribution in [0.4, 0.5) is 5.69 Å². The minimum Gasteiger partial charge on any atom is -0.493 e. The van der Waals surface area contributed by atoms with Gasteiger partial charge in [-0.15, -0.1) is 0 Å². The molecule has 150 valence electrons. The Labute approximate surface area is 183 Å². The Morgan fingerprint density at radius 1 is 1.21 bits per heavy atom. The van der Waals surface area contributed by atoms with Crippen LogP contribution >= 0.6 is 27.7 Å². The van der Waals surface area contributed by atoms with Crippen LogP contribution in [0.5, 0.6) is 11.5 Å². The molecule has 0 aliphatic carbocycles. The van der Waals surface area contributed by atoms with Gasteiger partial charge in [0.15, 0.2) is 16.7 Å². The first-order chi connectivity index (χ1) is 13.9. The molecular formula is C22H21BrN2O3S. The van der Waals surface area contributed by atoms with Crippen LogP contribution in [0.3, 0.4) is 0 Å². The van der Waals surface area contributed by atoms with Gasteiger partial charge in [0.1, 0.15) is 6.61 Å². The fraction of sp³-hybridized carbons (Fsp3) is 0.182. The van der Waals surface area contributed by atoms with E-state index in [9.17, 15) is 4.79 Å². The zero-order valence-corrected chi connectivity index (χ0v) is 18.8. The number of hydrogen-bond acceptors (Lipinski definition) is 5. The molecule has 0 bridgehead atoms. The predicted molar refractivity (Wildman–Crippen MR) is 123 cm³/mol. The average molecular weight is 473 g/mol. The van der Waals surface area contributed by atoms with Gasteiger partial charge in [-0.3, -0.25) is 4.79 Å². The lowest BCUT2D eigenvalue weighted by Crippen LogP contribution is -2.19. The molecule has 0 spiro atoms. The molecule has 1 amide bonds. The molecule has 0 aromatic heterocycles. The minimum atomic E-state index is -0.185. The Bertz CT molecular complexity index is 1030. The van der Waals surface area contributed by atoms with Crippen LogP contribution in [0.2, 0.25) is 0 Å². The lowest BCUT2D eigenvalue weighted by molar-refractivity contribution is -0.115. The van der Waals surface area contributed by atoms with E-state index in [2.05, 4.69) is 39.7 Å². The molecule has 0 saturated carbocycles. The quantitative estimate of drug-likeness (QED) is 0.443. The fourth-order valence-electron chi connectivity index (χ4n) is 2.62. The van der Waals surface area contributed by atoms with E-state index in [-0.39, 0.29) is 5.91 Å². The topological polar surface area (TPSA) is 59.9 Å². The number of thioether (sulfide) groups is 1. The van der Waals surface area contributed by atoms with Crippen LogP contribution in [-0.4, -0.2) is 24.8 Å². The Hall–Kier alpha value is -2.51. The van der Waals surface area contributed by atoms with Gasteiger partial charge in [-0.2, -0.15) is 0 Å². The van der Waals surface area contributed by atoms with E-state index in [0.717, 1.165) is 21.3 Å². The third kappa shape index (κ3) is 5.10. The maximum absolute atomic E-state index is 12.4. The highest BCUT2D eigenvalue weighted by atomic mass is 79.9. The highest BCUT2D eigenvalue weighted by Crippen LogP contribution is 2.36. The van der Waals surface area contributed by atoms with Crippen LogP contribution in [0.25, 0.3) is 6.08 Å². The van der Waals surface area contributed by atoms with Crippen molar-refractivity contribution in [1.29, 1.82) is 0 Å². The molecule has 2 aromatic rings. The summed E-state index contributed by atoms with van der Waals surface area (Å²) in [5, 5.41) is 3.37. The average Bonchev–Trinajstić information content (AvgIpc) is 3.03. The maximum atomic E-state index is 12.4. The van der Waals surface area contributed by atoms with Crippen LogP contribution in [0.15, 0.2) is 57.4 Å². The number of halogens is 1. The first-order valence-electron chi connectivity index (χ1n) is 8.89. The SMILES string of the molecule is C=CCOc1cc(Br)c(/C=C2/SC(=Nc3ccc(C)c(C)c3)NC2=O)cc1OC. The second-order valence-electron chi connectivity index (χ2n) is 6.37. The Balaban J connectivity index is 1.87. The molecule has 1 saturated heterocycles. The van der Waals surface area contributed by atoms with Gasteiger partial charge in [-0.25, -0.2) is 4.99 Å². The summed E-state index contributed by atoms with van der Waals surface area (Å²) in [5.74, 6) is 0.992. The number of aliphatic imine (C=N–C) groups is 1. The van der Waals surface area contributed by atoms with Crippen LogP contribution in [0, 0.1) is 13.8 Å². The molecule has 0 atom stereocenters. The second kappa shape index (κ2) is 9.33. The number of aryl methyl sites for hydroxylation is 2. The van der Waals surface area contributed by atoms with Crippen molar-refractivity contribution in [2.24, 2.45) is 4.99 Å². The van der Waals surface area contributed by atoms with E-state index in [4.69, 9.17) is 9.47 Å². The van der Waals surface area contributed by atoms with Crippen molar-refractivity contribution in [1.82, 2.24) is 5.32 Å². The number of rotatable bonds is 6. The highest BCUT2D eigenvalue weighted by Gasteiger charge is 2.24. The summed E-state index contributed by atoms with van der Waals surface area (Å²) in [6, 6.07) is 9.60. The van der Waals surface area contributed by atoms with Crippen molar-refractivity contribution in [2.45, 2.75) is 13.8 Å². The molecule has 1 fully saturated rings. The van der Waals surface area contributed by atoms with Crippen LogP contribution in [-0.2, 0) is 4.79 Å². The molecule has 0 radical (unpaired) electrons. The van der Waals surface area contributed by atoms with Crippen molar-refractivity contribution in [2.75, 3.05) is 13.7 Å². The highest BCUT2D eigenvalue weighted by molar-refractivity contribution is 9.10. The van der Waals surface area contributed by atoms with Gasteiger partial charge in [-0.05, 0) is 72.6 Å². The summed E-state index contributed by atoms with van der Waals surface area (Å²) in [6.07, 6.45) is 3.46. The smallest absolute Gasteiger partial charge is 0.264 e. The van der Waals surface area contributed by atoms with E-state index >= 15 is 0 Å². The van der Waals surface area contributed by atoms with Crippen molar-refractivity contribution in [3.8, 4) is 11.5 Å². The van der Waals surface area contributed by atoms with E-state index in [1.165, 1.54) is 17.3 Å².